The molecule has 2 aromatic heterocycles. The van der Waals surface area contributed by atoms with Crippen LogP contribution in [0.5, 0.6) is 0 Å². The lowest BCUT2D eigenvalue weighted by Gasteiger charge is -2.03. The molecule has 0 spiro atoms. The van der Waals surface area contributed by atoms with Crippen LogP contribution in [0, 0.1) is 0 Å². The van der Waals surface area contributed by atoms with Crippen LogP contribution in [-0.4, -0.2) is 33.2 Å². The number of rotatable bonds is 4. The summed E-state index contributed by atoms with van der Waals surface area (Å²) in [6.07, 6.45) is 3.28. The van der Waals surface area contributed by atoms with Gasteiger partial charge in [-0.15, -0.1) is 16.4 Å². The van der Waals surface area contributed by atoms with Crippen LogP contribution >= 0.6 is 24.0 Å². The highest BCUT2D eigenvalue weighted by atomic mass is 32.1. The SMILES string of the molecule is O=C(NCCS)c1sccc1-n1ccnn1. The molecule has 1 N–H and O–H groups in total. The van der Waals surface area contributed by atoms with Crippen LogP contribution in [0.4, 0.5) is 0 Å². The molecule has 0 aliphatic heterocycles. The standard InChI is InChI=1S/C9H10N4OS2/c14-9(10-3-5-15)8-7(1-6-16-8)13-4-2-11-12-13/h1-2,4,6,15H,3,5H2,(H,10,14). The van der Waals surface area contributed by atoms with Crippen molar-refractivity contribution in [2.24, 2.45) is 0 Å². The lowest BCUT2D eigenvalue weighted by Crippen LogP contribution is -2.25. The van der Waals surface area contributed by atoms with E-state index in [1.54, 1.807) is 17.1 Å². The average molecular weight is 254 g/mol. The zero-order valence-corrected chi connectivity index (χ0v) is 10.0. The summed E-state index contributed by atoms with van der Waals surface area (Å²) < 4.78 is 1.58. The summed E-state index contributed by atoms with van der Waals surface area (Å²) in [7, 11) is 0. The van der Waals surface area contributed by atoms with Crippen molar-refractivity contribution in [3.05, 3.63) is 28.7 Å². The first kappa shape index (κ1) is 11.2. The number of hydrogen-bond donors (Lipinski definition) is 2. The smallest absolute Gasteiger partial charge is 0.263 e. The highest BCUT2D eigenvalue weighted by molar-refractivity contribution is 7.80. The second kappa shape index (κ2) is 5.13. The van der Waals surface area contributed by atoms with Crippen molar-refractivity contribution in [1.82, 2.24) is 20.3 Å². The van der Waals surface area contributed by atoms with Gasteiger partial charge in [0, 0.05) is 12.3 Å². The molecular weight excluding hydrogens is 244 g/mol. The predicted octanol–water partition coefficient (Wildman–Crippen LogP) is 0.988. The zero-order chi connectivity index (χ0) is 11.4. The molecule has 1 amide bonds. The van der Waals surface area contributed by atoms with Crippen LogP contribution in [0.15, 0.2) is 23.8 Å². The molecule has 0 radical (unpaired) electrons. The molecule has 2 aromatic rings. The van der Waals surface area contributed by atoms with Crippen molar-refractivity contribution < 1.29 is 4.79 Å². The Hall–Kier alpha value is -1.34. The number of aromatic nitrogens is 3. The van der Waals surface area contributed by atoms with Gasteiger partial charge in [-0.2, -0.15) is 12.6 Å². The summed E-state index contributed by atoms with van der Waals surface area (Å²) in [5, 5.41) is 12.2. The van der Waals surface area contributed by atoms with Crippen LogP contribution in [0.25, 0.3) is 5.69 Å². The summed E-state index contributed by atoms with van der Waals surface area (Å²) in [6.45, 7) is 0.552. The third-order valence-corrected chi connectivity index (χ3v) is 3.04. The van der Waals surface area contributed by atoms with Gasteiger partial charge in [-0.25, -0.2) is 4.68 Å². The molecule has 0 aliphatic carbocycles. The fraction of sp³-hybridized carbons (Fsp3) is 0.222. The first-order valence-corrected chi connectivity index (χ1v) is 6.17. The lowest BCUT2D eigenvalue weighted by molar-refractivity contribution is 0.0960. The van der Waals surface area contributed by atoms with E-state index in [1.165, 1.54) is 11.3 Å². The highest BCUT2D eigenvalue weighted by Gasteiger charge is 2.14. The molecule has 2 heterocycles. The first-order valence-electron chi connectivity index (χ1n) is 4.66. The predicted molar refractivity (Wildman–Crippen MR) is 65.4 cm³/mol. The van der Waals surface area contributed by atoms with E-state index >= 15 is 0 Å². The van der Waals surface area contributed by atoms with Gasteiger partial charge >= 0.3 is 0 Å². The van der Waals surface area contributed by atoms with Crippen LogP contribution in [0.3, 0.4) is 0 Å². The van der Waals surface area contributed by atoms with E-state index in [1.807, 2.05) is 11.4 Å². The maximum absolute atomic E-state index is 11.8. The molecule has 0 saturated carbocycles. The summed E-state index contributed by atoms with van der Waals surface area (Å²) in [4.78, 5) is 12.4. The molecule has 0 aromatic carbocycles. The Labute approximate surface area is 102 Å². The molecule has 5 nitrogen and oxygen atoms in total. The van der Waals surface area contributed by atoms with Crippen LogP contribution in [-0.2, 0) is 0 Å². The number of thiophene rings is 1. The fourth-order valence-corrected chi connectivity index (χ4v) is 2.15. The van der Waals surface area contributed by atoms with Crippen LogP contribution in [0.2, 0.25) is 0 Å². The average Bonchev–Trinajstić information content (AvgIpc) is 2.94. The topological polar surface area (TPSA) is 59.8 Å². The van der Waals surface area contributed by atoms with Crippen molar-refractivity contribution in [2.45, 2.75) is 0 Å². The van der Waals surface area contributed by atoms with Gasteiger partial charge in [-0.05, 0) is 11.4 Å². The van der Waals surface area contributed by atoms with E-state index in [4.69, 9.17) is 0 Å². The van der Waals surface area contributed by atoms with E-state index < -0.39 is 0 Å². The van der Waals surface area contributed by atoms with Crippen molar-refractivity contribution >= 4 is 29.9 Å². The van der Waals surface area contributed by atoms with Crippen molar-refractivity contribution in [3.8, 4) is 5.69 Å². The Morgan fingerprint density at radius 1 is 1.62 bits per heavy atom. The largest absolute Gasteiger partial charge is 0.350 e. The van der Waals surface area contributed by atoms with Crippen molar-refractivity contribution in [1.29, 1.82) is 0 Å². The van der Waals surface area contributed by atoms with Gasteiger partial charge in [0.2, 0.25) is 0 Å². The molecule has 7 heteroatoms. The first-order chi connectivity index (χ1) is 7.83. The molecule has 0 atom stereocenters. The molecule has 0 fully saturated rings. The van der Waals surface area contributed by atoms with Crippen LogP contribution in [0.1, 0.15) is 9.67 Å². The Bertz CT molecular complexity index is 466. The minimum atomic E-state index is -0.102. The number of nitrogens with zero attached hydrogens (tertiary/aromatic N) is 3. The van der Waals surface area contributed by atoms with Gasteiger partial charge in [0.05, 0.1) is 18.1 Å². The number of amides is 1. The van der Waals surface area contributed by atoms with E-state index in [-0.39, 0.29) is 5.91 Å². The van der Waals surface area contributed by atoms with E-state index in [0.717, 1.165) is 5.69 Å². The van der Waals surface area contributed by atoms with Gasteiger partial charge in [-0.3, -0.25) is 4.79 Å². The summed E-state index contributed by atoms with van der Waals surface area (Å²) in [6, 6.07) is 1.84. The molecule has 0 saturated heterocycles. The molecule has 16 heavy (non-hydrogen) atoms. The Morgan fingerprint density at radius 2 is 2.50 bits per heavy atom. The molecular formula is C9H10N4OS2. The summed E-state index contributed by atoms with van der Waals surface area (Å²) in [5.41, 5.74) is 0.749. The monoisotopic (exact) mass is 254 g/mol. The maximum Gasteiger partial charge on any atom is 0.263 e. The molecule has 0 aliphatic rings. The van der Waals surface area contributed by atoms with Gasteiger partial charge in [0.15, 0.2) is 0 Å². The van der Waals surface area contributed by atoms with Gasteiger partial charge in [0.25, 0.3) is 5.91 Å². The number of nitrogens with one attached hydrogen (secondary N) is 1. The van der Waals surface area contributed by atoms with Gasteiger partial charge in [0.1, 0.15) is 4.88 Å². The quantitative estimate of drug-likeness (QED) is 0.800. The van der Waals surface area contributed by atoms with Crippen LogP contribution < -0.4 is 5.32 Å². The summed E-state index contributed by atoms with van der Waals surface area (Å²) in [5.74, 6) is 0.519. The Balaban J connectivity index is 2.23. The van der Waals surface area contributed by atoms with Gasteiger partial charge < -0.3 is 5.32 Å². The van der Waals surface area contributed by atoms with Crippen molar-refractivity contribution in [3.63, 3.8) is 0 Å². The summed E-state index contributed by atoms with van der Waals surface area (Å²) >= 11 is 5.42. The number of thiol groups is 1. The fourth-order valence-electron chi connectivity index (χ4n) is 1.24. The number of hydrogen-bond acceptors (Lipinski definition) is 5. The number of carbonyl (C=O) groups excluding carboxylic acids is 1. The molecule has 0 bridgehead atoms. The minimum Gasteiger partial charge on any atom is -0.350 e. The number of carbonyl (C=O) groups is 1. The highest BCUT2D eigenvalue weighted by Crippen LogP contribution is 2.19. The Kier molecular flexibility index (Phi) is 3.58. The van der Waals surface area contributed by atoms with E-state index in [0.29, 0.717) is 17.2 Å². The third-order valence-electron chi connectivity index (χ3n) is 1.92. The second-order valence-corrected chi connectivity index (χ2v) is 4.33. The van der Waals surface area contributed by atoms with E-state index in [2.05, 4.69) is 28.3 Å². The Morgan fingerprint density at radius 3 is 3.19 bits per heavy atom. The zero-order valence-electron chi connectivity index (χ0n) is 8.33. The van der Waals surface area contributed by atoms with E-state index in [9.17, 15) is 4.79 Å². The molecule has 2 rings (SSSR count). The molecule has 84 valence electrons. The van der Waals surface area contributed by atoms with Crippen molar-refractivity contribution in [2.75, 3.05) is 12.3 Å². The van der Waals surface area contributed by atoms with Gasteiger partial charge in [-0.1, -0.05) is 5.21 Å². The normalized spacial score (nSPS) is 10.3. The maximum atomic E-state index is 11.8. The second-order valence-electron chi connectivity index (χ2n) is 2.96. The minimum absolute atomic E-state index is 0.102. The third kappa shape index (κ3) is 2.25. The lowest BCUT2D eigenvalue weighted by atomic mass is 10.3. The molecule has 0 unspecified atom stereocenters.